The van der Waals surface area contributed by atoms with Crippen molar-refractivity contribution in [2.45, 2.75) is 122 Å². The first kappa shape index (κ1) is 51.6. The van der Waals surface area contributed by atoms with Gasteiger partial charge in [0.15, 0.2) is 12.2 Å². The highest BCUT2D eigenvalue weighted by Crippen LogP contribution is 2.32. The number of rotatable bonds is 12. The van der Waals surface area contributed by atoms with Gasteiger partial charge in [-0.05, 0) is 51.6 Å². The standard InChI is InChI=1S/2C21H23F2NO3.C6H16Si.CH4/c2*22-21(23)10-12-24(13-11-21)18-8-6-16(7-9-18)14-19(25)20(26)27-15-17-4-2-1-3-5-17;1-6(2,3)7(4)5;/h2*1-9,19,25H,10-15H2;7H,1-5H3;1H4/t2*19-;;/m11../s1. The second-order valence-corrected chi connectivity index (χ2v) is 21.2. The number of carbonyl (C=O) groups excluding carboxylic acids is 2. The molecule has 0 aliphatic carbocycles. The molecule has 4 aromatic rings. The van der Waals surface area contributed by atoms with Crippen LogP contribution in [0.25, 0.3) is 0 Å². The van der Waals surface area contributed by atoms with E-state index in [4.69, 9.17) is 9.47 Å². The molecule has 2 heterocycles. The SMILES string of the molecule is C.C[SiH](C)C(C)(C)C.O=C(OCc1ccccc1)[C@H](O)Cc1ccc(N2CCC(F)(F)CC2)cc1.O=C(OCc1ccccc1)[C@H](O)Cc1ccc(N2CCC(F)(F)CC2)cc1. The molecule has 0 radical (unpaired) electrons. The van der Waals surface area contributed by atoms with Gasteiger partial charge < -0.3 is 29.5 Å². The van der Waals surface area contributed by atoms with Crippen molar-refractivity contribution in [2.24, 2.45) is 0 Å². The van der Waals surface area contributed by atoms with E-state index in [1.54, 1.807) is 24.3 Å². The maximum Gasteiger partial charge on any atom is 0.335 e. The van der Waals surface area contributed by atoms with Crippen LogP contribution in [-0.2, 0) is 45.1 Å². The summed E-state index contributed by atoms with van der Waals surface area (Å²) < 4.78 is 63.3. The van der Waals surface area contributed by atoms with Gasteiger partial charge in [0.05, 0.1) is 0 Å². The van der Waals surface area contributed by atoms with Crippen molar-refractivity contribution < 1.29 is 46.8 Å². The van der Waals surface area contributed by atoms with Crippen LogP contribution in [0.2, 0.25) is 18.1 Å². The average molecular weight is 883 g/mol. The van der Waals surface area contributed by atoms with E-state index in [9.17, 15) is 37.4 Å². The topological polar surface area (TPSA) is 99.5 Å². The summed E-state index contributed by atoms with van der Waals surface area (Å²) in [5.74, 6) is -6.47. The van der Waals surface area contributed by atoms with Crippen molar-refractivity contribution in [3.05, 3.63) is 131 Å². The van der Waals surface area contributed by atoms with Crippen molar-refractivity contribution in [3.8, 4) is 0 Å². The average Bonchev–Trinajstić information content (AvgIpc) is 3.23. The van der Waals surface area contributed by atoms with E-state index >= 15 is 0 Å². The number of carbonyl (C=O) groups is 2. The fourth-order valence-electron chi connectivity index (χ4n) is 6.13. The number of aliphatic hydroxyl groups is 2. The van der Waals surface area contributed by atoms with Crippen LogP contribution in [0.5, 0.6) is 0 Å². The molecular formula is C49H66F4N2O6Si. The summed E-state index contributed by atoms with van der Waals surface area (Å²) in [4.78, 5) is 27.7. The third-order valence-electron chi connectivity index (χ3n) is 11.2. The van der Waals surface area contributed by atoms with E-state index in [2.05, 4.69) is 33.9 Å². The minimum Gasteiger partial charge on any atom is -0.459 e. The summed E-state index contributed by atoms with van der Waals surface area (Å²) in [5.41, 5.74) is 5.02. The van der Waals surface area contributed by atoms with Gasteiger partial charge in [-0.2, -0.15) is 0 Å². The van der Waals surface area contributed by atoms with Gasteiger partial charge in [-0.1, -0.05) is 126 Å². The Kier molecular flexibility index (Phi) is 20.2. The summed E-state index contributed by atoms with van der Waals surface area (Å²) in [6.07, 6.45) is -2.75. The minimum absolute atomic E-state index is 0. The Morgan fingerprint density at radius 3 is 1.15 bits per heavy atom. The number of hydrogen-bond donors (Lipinski definition) is 2. The number of aliphatic hydroxyl groups excluding tert-OH is 2. The number of esters is 2. The summed E-state index contributed by atoms with van der Waals surface area (Å²) in [5, 5.41) is 20.8. The maximum absolute atomic E-state index is 13.2. The number of ether oxygens (including phenoxy) is 2. The third kappa shape index (κ3) is 17.9. The molecule has 62 heavy (non-hydrogen) atoms. The number of nitrogens with zero attached hydrogens (tertiary/aromatic N) is 2. The summed E-state index contributed by atoms with van der Waals surface area (Å²) in [6, 6.07) is 33.1. The third-order valence-corrected chi connectivity index (χ3v) is 14.6. The molecule has 2 aliphatic rings. The van der Waals surface area contributed by atoms with Crippen molar-refractivity contribution in [3.63, 3.8) is 0 Å². The van der Waals surface area contributed by atoms with Gasteiger partial charge in [-0.15, -0.1) is 0 Å². The highest BCUT2D eigenvalue weighted by molar-refractivity contribution is 6.59. The lowest BCUT2D eigenvalue weighted by Gasteiger charge is -2.33. The molecule has 0 spiro atoms. The van der Waals surface area contributed by atoms with Crippen molar-refractivity contribution in [1.29, 1.82) is 0 Å². The zero-order valence-electron chi connectivity index (χ0n) is 36.0. The monoisotopic (exact) mass is 882 g/mol. The molecule has 0 bridgehead atoms. The zero-order chi connectivity index (χ0) is 44.6. The lowest BCUT2D eigenvalue weighted by atomic mass is 10.0. The van der Waals surface area contributed by atoms with Gasteiger partial charge in [0, 0.05) is 84.9 Å². The van der Waals surface area contributed by atoms with Crippen molar-refractivity contribution >= 4 is 32.1 Å². The molecule has 0 saturated carbocycles. The molecule has 2 atom stereocenters. The normalized spacial score (nSPS) is 16.6. The van der Waals surface area contributed by atoms with Crippen molar-refractivity contribution in [2.75, 3.05) is 36.0 Å². The van der Waals surface area contributed by atoms with Crippen LogP contribution >= 0.6 is 0 Å². The Balaban J connectivity index is 0.000000283. The van der Waals surface area contributed by atoms with Gasteiger partial charge in [-0.3, -0.25) is 0 Å². The predicted molar refractivity (Wildman–Crippen MR) is 243 cm³/mol. The van der Waals surface area contributed by atoms with E-state index in [1.165, 1.54) is 0 Å². The summed E-state index contributed by atoms with van der Waals surface area (Å²) in [6.45, 7) is 13.3. The van der Waals surface area contributed by atoms with Crippen LogP contribution < -0.4 is 9.80 Å². The quantitative estimate of drug-likeness (QED) is 0.0825. The fraction of sp³-hybridized carbons (Fsp3) is 0.469. The van der Waals surface area contributed by atoms with Gasteiger partial charge in [0.2, 0.25) is 0 Å². The van der Waals surface area contributed by atoms with E-state index in [0.717, 1.165) is 33.6 Å². The maximum atomic E-state index is 13.2. The molecule has 0 unspecified atom stereocenters. The number of alkyl halides is 4. The van der Waals surface area contributed by atoms with Gasteiger partial charge >= 0.3 is 11.9 Å². The Bertz CT molecular complexity index is 1760. The molecule has 2 N–H and O–H groups in total. The van der Waals surface area contributed by atoms with Crippen molar-refractivity contribution in [1.82, 2.24) is 0 Å². The summed E-state index contributed by atoms with van der Waals surface area (Å²) in [7, 11) is -0.359. The van der Waals surface area contributed by atoms with E-state index < -0.39 is 36.0 Å². The molecule has 0 amide bonds. The number of halogens is 4. The van der Waals surface area contributed by atoms with Gasteiger partial charge in [0.25, 0.3) is 11.8 Å². The molecule has 2 saturated heterocycles. The molecule has 8 nitrogen and oxygen atoms in total. The second kappa shape index (κ2) is 24.2. The Hall–Kier alpha value is -4.72. The number of benzene rings is 4. The number of hydrogen-bond acceptors (Lipinski definition) is 8. The molecule has 4 aromatic carbocycles. The highest BCUT2D eigenvalue weighted by atomic mass is 28.3. The molecule has 2 fully saturated rings. The Morgan fingerprint density at radius 1 is 0.581 bits per heavy atom. The molecule has 13 heteroatoms. The zero-order valence-corrected chi connectivity index (χ0v) is 37.2. The first-order valence-electron chi connectivity index (χ1n) is 21.0. The van der Waals surface area contributed by atoms with Crippen LogP contribution in [0, 0.1) is 0 Å². The van der Waals surface area contributed by atoms with Crippen LogP contribution in [0.3, 0.4) is 0 Å². The van der Waals surface area contributed by atoms with Crippen LogP contribution in [0.4, 0.5) is 28.9 Å². The second-order valence-electron chi connectivity index (χ2n) is 17.2. The number of piperidine rings is 2. The molecule has 2 aliphatic heterocycles. The molecule has 0 aromatic heterocycles. The van der Waals surface area contributed by atoms with Crippen LogP contribution in [0.1, 0.15) is 76.1 Å². The molecule has 6 rings (SSSR count). The largest absolute Gasteiger partial charge is 0.459 e. The lowest BCUT2D eigenvalue weighted by Crippen LogP contribution is -2.39. The Morgan fingerprint density at radius 2 is 0.871 bits per heavy atom. The van der Waals surface area contributed by atoms with E-state index in [1.807, 2.05) is 94.7 Å². The lowest BCUT2D eigenvalue weighted by molar-refractivity contribution is -0.155. The van der Waals surface area contributed by atoms with Gasteiger partial charge in [-0.25, -0.2) is 27.2 Å². The highest BCUT2D eigenvalue weighted by Gasteiger charge is 2.35. The molecular weight excluding hydrogens is 817 g/mol. The summed E-state index contributed by atoms with van der Waals surface area (Å²) >= 11 is 0. The first-order chi connectivity index (χ1) is 28.8. The number of anilines is 2. The van der Waals surface area contributed by atoms with Crippen LogP contribution in [0.15, 0.2) is 109 Å². The Labute approximate surface area is 367 Å². The van der Waals surface area contributed by atoms with Gasteiger partial charge in [0.1, 0.15) is 13.2 Å². The smallest absolute Gasteiger partial charge is 0.335 e. The van der Waals surface area contributed by atoms with E-state index in [0.29, 0.717) is 31.2 Å². The predicted octanol–water partition coefficient (Wildman–Crippen LogP) is 10.0. The van der Waals surface area contributed by atoms with Crippen LogP contribution in [-0.4, -0.2) is 81.2 Å². The molecule has 340 valence electrons. The van der Waals surface area contributed by atoms with E-state index in [-0.39, 0.29) is 68.0 Å². The first-order valence-corrected chi connectivity index (χ1v) is 23.9. The minimum atomic E-state index is -2.57. The fourth-order valence-corrected chi connectivity index (χ4v) is 6.13.